The number of rotatable bonds is 7. The molecule has 0 bridgehead atoms. The standard InChI is InChI=1S/C16H17BrO3/c1-2-18-15-9-5-6-10-16(15)20-12-11-19-14-8-4-3-7-13(14)17/h3-10H,2,11-12H2,1H3. The molecule has 0 aliphatic rings. The number of hydrogen-bond donors (Lipinski definition) is 0. The van der Waals surface area contributed by atoms with E-state index in [0.717, 1.165) is 21.7 Å². The Morgan fingerprint density at radius 2 is 1.25 bits per heavy atom. The van der Waals surface area contributed by atoms with E-state index in [1.165, 1.54) is 0 Å². The summed E-state index contributed by atoms with van der Waals surface area (Å²) in [5, 5.41) is 0. The Labute approximate surface area is 127 Å². The molecule has 0 aliphatic heterocycles. The molecule has 0 aliphatic carbocycles. The summed E-state index contributed by atoms with van der Waals surface area (Å²) in [5.74, 6) is 2.31. The largest absolute Gasteiger partial charge is 0.490 e. The summed E-state index contributed by atoms with van der Waals surface area (Å²) in [6.07, 6.45) is 0. The van der Waals surface area contributed by atoms with Gasteiger partial charge in [0.15, 0.2) is 11.5 Å². The third-order valence-electron chi connectivity index (χ3n) is 2.58. The Balaban J connectivity index is 1.83. The number of ether oxygens (including phenoxy) is 3. The van der Waals surface area contributed by atoms with Crippen molar-refractivity contribution in [2.24, 2.45) is 0 Å². The van der Waals surface area contributed by atoms with Crippen molar-refractivity contribution in [3.63, 3.8) is 0 Å². The molecule has 0 radical (unpaired) electrons. The van der Waals surface area contributed by atoms with Crippen LogP contribution in [0.15, 0.2) is 53.0 Å². The minimum absolute atomic E-state index is 0.464. The van der Waals surface area contributed by atoms with Crippen molar-refractivity contribution >= 4 is 15.9 Å². The number of para-hydroxylation sites is 3. The Bertz CT molecular complexity index is 543. The third kappa shape index (κ3) is 4.17. The summed E-state index contributed by atoms with van der Waals surface area (Å²) in [6.45, 7) is 3.51. The average molecular weight is 337 g/mol. The Morgan fingerprint density at radius 1 is 0.750 bits per heavy atom. The van der Waals surface area contributed by atoms with Gasteiger partial charge >= 0.3 is 0 Å². The molecule has 2 aromatic carbocycles. The van der Waals surface area contributed by atoms with Crippen LogP contribution in [0, 0.1) is 0 Å². The fourth-order valence-corrected chi connectivity index (χ4v) is 2.11. The van der Waals surface area contributed by atoms with E-state index in [0.29, 0.717) is 19.8 Å². The zero-order valence-electron chi connectivity index (χ0n) is 11.3. The van der Waals surface area contributed by atoms with Crippen LogP contribution in [0.4, 0.5) is 0 Å². The van der Waals surface area contributed by atoms with Crippen LogP contribution in [-0.4, -0.2) is 19.8 Å². The Kier molecular flexibility index (Phi) is 5.74. The molecule has 3 nitrogen and oxygen atoms in total. The van der Waals surface area contributed by atoms with Gasteiger partial charge in [-0.1, -0.05) is 24.3 Å². The average Bonchev–Trinajstić information content (AvgIpc) is 2.47. The maximum atomic E-state index is 5.69. The van der Waals surface area contributed by atoms with Gasteiger partial charge in [0.1, 0.15) is 19.0 Å². The van der Waals surface area contributed by atoms with Crippen molar-refractivity contribution in [3.8, 4) is 17.2 Å². The van der Waals surface area contributed by atoms with Gasteiger partial charge in [0.2, 0.25) is 0 Å². The van der Waals surface area contributed by atoms with Crippen LogP contribution in [0.3, 0.4) is 0 Å². The second-order valence-corrected chi connectivity index (χ2v) is 4.86. The molecule has 0 fully saturated rings. The summed E-state index contributed by atoms with van der Waals surface area (Å²) in [4.78, 5) is 0. The molecule has 0 amide bonds. The van der Waals surface area contributed by atoms with E-state index in [2.05, 4.69) is 15.9 Å². The molecule has 2 rings (SSSR count). The summed E-state index contributed by atoms with van der Waals surface area (Å²) >= 11 is 3.44. The van der Waals surface area contributed by atoms with Crippen molar-refractivity contribution in [2.45, 2.75) is 6.92 Å². The molecule has 106 valence electrons. The maximum absolute atomic E-state index is 5.69. The lowest BCUT2D eigenvalue weighted by Crippen LogP contribution is -2.10. The van der Waals surface area contributed by atoms with Gasteiger partial charge in [-0.25, -0.2) is 0 Å². The SMILES string of the molecule is CCOc1ccccc1OCCOc1ccccc1Br. The fraction of sp³-hybridized carbons (Fsp3) is 0.250. The zero-order chi connectivity index (χ0) is 14.2. The lowest BCUT2D eigenvalue weighted by molar-refractivity contribution is 0.207. The lowest BCUT2D eigenvalue weighted by atomic mass is 10.3. The summed E-state index contributed by atoms with van der Waals surface area (Å²) in [6, 6.07) is 15.4. The minimum Gasteiger partial charge on any atom is -0.490 e. The highest BCUT2D eigenvalue weighted by Gasteiger charge is 2.04. The second kappa shape index (κ2) is 7.80. The maximum Gasteiger partial charge on any atom is 0.161 e. The van der Waals surface area contributed by atoms with Crippen molar-refractivity contribution < 1.29 is 14.2 Å². The zero-order valence-corrected chi connectivity index (χ0v) is 12.9. The van der Waals surface area contributed by atoms with Gasteiger partial charge in [-0.3, -0.25) is 0 Å². The molecular weight excluding hydrogens is 320 g/mol. The Hall–Kier alpha value is -1.68. The predicted octanol–water partition coefficient (Wildman–Crippen LogP) is 4.31. The first-order valence-corrected chi connectivity index (χ1v) is 7.32. The monoisotopic (exact) mass is 336 g/mol. The van der Waals surface area contributed by atoms with E-state index >= 15 is 0 Å². The van der Waals surface area contributed by atoms with E-state index in [1.54, 1.807) is 0 Å². The van der Waals surface area contributed by atoms with Gasteiger partial charge in [0.05, 0.1) is 11.1 Å². The summed E-state index contributed by atoms with van der Waals surface area (Å²) in [7, 11) is 0. The van der Waals surface area contributed by atoms with E-state index in [-0.39, 0.29) is 0 Å². The number of hydrogen-bond acceptors (Lipinski definition) is 3. The third-order valence-corrected chi connectivity index (χ3v) is 3.24. The van der Waals surface area contributed by atoms with Gasteiger partial charge < -0.3 is 14.2 Å². The van der Waals surface area contributed by atoms with Crippen LogP contribution >= 0.6 is 15.9 Å². The van der Waals surface area contributed by atoms with Gasteiger partial charge in [-0.2, -0.15) is 0 Å². The first-order valence-electron chi connectivity index (χ1n) is 6.53. The molecule has 0 unspecified atom stereocenters. The van der Waals surface area contributed by atoms with Crippen LogP contribution in [0.5, 0.6) is 17.2 Å². The van der Waals surface area contributed by atoms with Crippen LogP contribution in [0.2, 0.25) is 0 Å². The normalized spacial score (nSPS) is 10.1. The van der Waals surface area contributed by atoms with E-state index in [1.807, 2.05) is 55.5 Å². The second-order valence-electron chi connectivity index (χ2n) is 4.01. The minimum atomic E-state index is 0.464. The number of halogens is 1. The molecule has 0 atom stereocenters. The van der Waals surface area contributed by atoms with Crippen LogP contribution < -0.4 is 14.2 Å². The Morgan fingerprint density at radius 3 is 1.85 bits per heavy atom. The van der Waals surface area contributed by atoms with E-state index < -0.39 is 0 Å². The highest BCUT2D eigenvalue weighted by molar-refractivity contribution is 9.10. The van der Waals surface area contributed by atoms with Crippen molar-refractivity contribution in [1.29, 1.82) is 0 Å². The molecular formula is C16H17BrO3. The van der Waals surface area contributed by atoms with Gasteiger partial charge in [-0.05, 0) is 47.1 Å². The number of benzene rings is 2. The van der Waals surface area contributed by atoms with Crippen molar-refractivity contribution in [1.82, 2.24) is 0 Å². The van der Waals surface area contributed by atoms with Crippen molar-refractivity contribution in [3.05, 3.63) is 53.0 Å². The van der Waals surface area contributed by atoms with E-state index in [9.17, 15) is 0 Å². The molecule has 0 heterocycles. The van der Waals surface area contributed by atoms with Crippen molar-refractivity contribution in [2.75, 3.05) is 19.8 Å². The molecule has 0 spiro atoms. The highest BCUT2D eigenvalue weighted by atomic mass is 79.9. The topological polar surface area (TPSA) is 27.7 Å². The molecule has 0 saturated heterocycles. The summed E-state index contributed by atoms with van der Waals surface area (Å²) < 4.78 is 17.8. The van der Waals surface area contributed by atoms with Gasteiger partial charge in [0, 0.05) is 0 Å². The molecule has 0 aromatic heterocycles. The van der Waals surface area contributed by atoms with Crippen LogP contribution in [-0.2, 0) is 0 Å². The smallest absolute Gasteiger partial charge is 0.161 e. The molecule has 20 heavy (non-hydrogen) atoms. The molecule has 2 aromatic rings. The fourth-order valence-electron chi connectivity index (χ4n) is 1.71. The van der Waals surface area contributed by atoms with E-state index in [4.69, 9.17) is 14.2 Å². The first-order chi connectivity index (χ1) is 9.81. The molecule has 0 saturated carbocycles. The highest BCUT2D eigenvalue weighted by Crippen LogP contribution is 2.26. The van der Waals surface area contributed by atoms with Gasteiger partial charge in [0.25, 0.3) is 0 Å². The van der Waals surface area contributed by atoms with Crippen LogP contribution in [0.1, 0.15) is 6.92 Å². The molecule has 4 heteroatoms. The quantitative estimate of drug-likeness (QED) is 0.705. The molecule has 0 N–H and O–H groups in total. The lowest BCUT2D eigenvalue weighted by Gasteiger charge is -2.12. The summed E-state index contributed by atoms with van der Waals surface area (Å²) in [5.41, 5.74) is 0. The predicted molar refractivity (Wildman–Crippen MR) is 82.7 cm³/mol. The first kappa shape index (κ1) is 14.7. The van der Waals surface area contributed by atoms with Crippen LogP contribution in [0.25, 0.3) is 0 Å². The van der Waals surface area contributed by atoms with Gasteiger partial charge in [-0.15, -0.1) is 0 Å².